The minimum Gasteiger partial charge on any atom is -0.504 e. The number of halogens is 4. The average molecular weight is 319 g/mol. The number of benzene rings is 1. The molecule has 7 nitrogen and oxygen atoms in total. The van der Waals surface area contributed by atoms with Gasteiger partial charge in [0.2, 0.25) is 5.75 Å². The zero-order chi connectivity index (χ0) is 15.0. The molecule has 0 amide bonds. The summed E-state index contributed by atoms with van der Waals surface area (Å²) in [4.78, 5) is 9.42. The van der Waals surface area contributed by atoms with Crippen molar-refractivity contribution >= 4 is 18.1 Å². The van der Waals surface area contributed by atoms with E-state index in [0.29, 0.717) is 12.1 Å². The molecule has 0 spiro atoms. The molecule has 0 heterocycles. The van der Waals surface area contributed by atoms with Crippen LogP contribution in [0.3, 0.4) is 0 Å². The largest absolute Gasteiger partial charge is 0.504 e. The third-order valence-electron chi connectivity index (χ3n) is 2.35. The van der Waals surface area contributed by atoms with Gasteiger partial charge in [-0.15, -0.1) is 12.4 Å². The second-order valence-electron chi connectivity index (χ2n) is 3.68. The van der Waals surface area contributed by atoms with Crippen molar-refractivity contribution in [3.8, 4) is 11.5 Å². The maximum Gasteiger partial charge on any atom is 0.416 e. The number of phenols is 2. The van der Waals surface area contributed by atoms with Gasteiger partial charge in [0.05, 0.1) is 11.0 Å². The number of nitrogens with two attached hydrogens (primary N) is 1. The van der Waals surface area contributed by atoms with Gasteiger partial charge in [-0.3, -0.25) is 10.1 Å². The van der Waals surface area contributed by atoms with Crippen LogP contribution in [0.25, 0.3) is 0 Å². The fourth-order valence-electron chi connectivity index (χ4n) is 1.34. The van der Waals surface area contributed by atoms with Gasteiger partial charge < -0.3 is 21.1 Å². The van der Waals surface area contributed by atoms with Gasteiger partial charge in [-0.2, -0.15) is 13.2 Å². The van der Waals surface area contributed by atoms with Crippen LogP contribution in [0.2, 0.25) is 0 Å². The van der Waals surface area contributed by atoms with Crippen LogP contribution in [0.4, 0.5) is 18.9 Å². The third kappa shape index (κ3) is 3.62. The van der Waals surface area contributed by atoms with Gasteiger partial charge in [-0.05, 0) is 11.6 Å². The maximum absolute atomic E-state index is 12.2. The molecule has 0 saturated heterocycles. The van der Waals surface area contributed by atoms with Crippen molar-refractivity contribution in [1.82, 2.24) is 0 Å². The average Bonchev–Trinajstić information content (AvgIpc) is 2.28. The lowest BCUT2D eigenvalue weighted by atomic mass is 10.0. The fourth-order valence-corrected chi connectivity index (χ4v) is 1.34. The van der Waals surface area contributed by atoms with Crippen molar-refractivity contribution < 1.29 is 33.4 Å². The highest BCUT2D eigenvalue weighted by molar-refractivity contribution is 5.85. The van der Waals surface area contributed by atoms with Crippen LogP contribution in [0, 0.1) is 10.1 Å². The summed E-state index contributed by atoms with van der Waals surface area (Å²) in [7, 11) is 0. The van der Waals surface area contributed by atoms with Gasteiger partial charge in [0.15, 0.2) is 11.9 Å². The summed E-state index contributed by atoms with van der Waals surface area (Å²) in [6.45, 7) is 0. The number of nitro groups is 1. The molecule has 0 unspecified atom stereocenters. The zero-order valence-electron chi connectivity index (χ0n) is 9.53. The number of alkyl halides is 3. The lowest BCUT2D eigenvalue weighted by molar-refractivity contribution is -0.386. The highest BCUT2D eigenvalue weighted by Crippen LogP contribution is 2.39. The van der Waals surface area contributed by atoms with Crippen LogP contribution >= 0.6 is 12.4 Å². The van der Waals surface area contributed by atoms with Crippen molar-refractivity contribution in [1.29, 1.82) is 0 Å². The smallest absolute Gasteiger partial charge is 0.416 e. The molecule has 1 rings (SSSR count). The number of hydrogen-bond donors (Lipinski definition) is 4. The Bertz CT molecular complexity index is 511. The minimum atomic E-state index is -5.03. The molecular formula is C9H10ClF3N2O5. The van der Waals surface area contributed by atoms with Gasteiger partial charge >= 0.3 is 11.9 Å². The van der Waals surface area contributed by atoms with E-state index in [1.807, 2.05) is 0 Å². The van der Waals surface area contributed by atoms with E-state index in [4.69, 9.17) is 15.9 Å². The molecule has 114 valence electrons. The van der Waals surface area contributed by atoms with E-state index in [9.17, 15) is 28.4 Å². The summed E-state index contributed by atoms with van der Waals surface area (Å²) in [6, 6.07) is -0.874. The lowest BCUT2D eigenvalue weighted by Crippen LogP contribution is -2.38. The molecule has 2 atom stereocenters. The van der Waals surface area contributed by atoms with Crippen LogP contribution in [0.1, 0.15) is 11.6 Å². The van der Waals surface area contributed by atoms with Crippen molar-refractivity contribution in [3.63, 3.8) is 0 Å². The summed E-state index contributed by atoms with van der Waals surface area (Å²) >= 11 is 0. The van der Waals surface area contributed by atoms with E-state index >= 15 is 0 Å². The SMILES string of the molecule is Cl.N[C@H](c1cc(O)c(O)c([N+](=O)[O-])c1)[C@@H](O)C(F)(F)F. The summed E-state index contributed by atoms with van der Waals surface area (Å²) in [5.41, 5.74) is 3.58. The Kier molecular flexibility index (Phi) is 5.57. The first-order valence-corrected chi connectivity index (χ1v) is 4.76. The predicted octanol–water partition coefficient (Wildman–Crippen LogP) is 1.35. The van der Waals surface area contributed by atoms with Gasteiger partial charge in [0.25, 0.3) is 0 Å². The van der Waals surface area contributed by atoms with E-state index in [2.05, 4.69) is 0 Å². The first-order valence-electron chi connectivity index (χ1n) is 4.76. The van der Waals surface area contributed by atoms with Crippen molar-refractivity contribution in [3.05, 3.63) is 27.8 Å². The number of aliphatic hydroxyl groups excluding tert-OH is 1. The first-order chi connectivity index (χ1) is 8.55. The third-order valence-corrected chi connectivity index (χ3v) is 2.35. The number of phenolic OH excluding ortho intramolecular Hbond substituents is 2. The fraction of sp³-hybridized carbons (Fsp3) is 0.333. The lowest BCUT2D eigenvalue weighted by Gasteiger charge is -2.21. The topological polar surface area (TPSA) is 130 Å². The minimum absolute atomic E-state index is 0. The molecule has 0 fully saturated rings. The van der Waals surface area contributed by atoms with Gasteiger partial charge in [0.1, 0.15) is 0 Å². The number of nitro benzene ring substituents is 1. The Labute approximate surface area is 116 Å². The Morgan fingerprint density at radius 2 is 1.80 bits per heavy atom. The van der Waals surface area contributed by atoms with Gasteiger partial charge in [-0.25, -0.2) is 0 Å². The Morgan fingerprint density at radius 1 is 1.30 bits per heavy atom. The molecule has 20 heavy (non-hydrogen) atoms. The van der Waals surface area contributed by atoms with Crippen LogP contribution in [-0.2, 0) is 0 Å². The number of aromatic hydroxyl groups is 2. The highest BCUT2D eigenvalue weighted by Gasteiger charge is 2.43. The van der Waals surface area contributed by atoms with Crippen LogP contribution in [0.5, 0.6) is 11.5 Å². The van der Waals surface area contributed by atoms with Crippen LogP contribution in [0.15, 0.2) is 12.1 Å². The second kappa shape index (κ2) is 6.11. The number of nitrogens with zero attached hydrogens (tertiary/aromatic N) is 1. The molecule has 0 aliphatic rings. The molecule has 0 aliphatic heterocycles. The van der Waals surface area contributed by atoms with E-state index in [1.165, 1.54) is 0 Å². The summed E-state index contributed by atoms with van der Waals surface area (Å²) in [5.74, 6) is -2.10. The summed E-state index contributed by atoms with van der Waals surface area (Å²) in [5, 5.41) is 37.8. The standard InChI is InChI=1S/C9H9F3N2O5.ClH/c10-9(11,12)8(17)6(13)3-1-4(14(18)19)7(16)5(15)2-3;/h1-2,6,8,15-17H,13H2;1H/t6-,8-;/m1./s1. The van der Waals surface area contributed by atoms with Crippen molar-refractivity contribution in [2.24, 2.45) is 5.73 Å². The molecular weight excluding hydrogens is 309 g/mol. The highest BCUT2D eigenvalue weighted by atomic mass is 35.5. The molecule has 1 aromatic carbocycles. The van der Waals surface area contributed by atoms with Crippen molar-refractivity contribution in [2.45, 2.75) is 18.3 Å². The predicted molar refractivity (Wildman–Crippen MR) is 62.7 cm³/mol. The van der Waals surface area contributed by atoms with Crippen molar-refractivity contribution in [2.75, 3.05) is 0 Å². The molecule has 0 saturated carbocycles. The van der Waals surface area contributed by atoms with Gasteiger partial charge in [0, 0.05) is 6.07 Å². The normalized spacial score (nSPS) is 14.2. The van der Waals surface area contributed by atoms with E-state index in [-0.39, 0.29) is 12.4 Å². The molecule has 1 aromatic rings. The van der Waals surface area contributed by atoms with Crippen LogP contribution in [-0.4, -0.2) is 32.5 Å². The number of rotatable bonds is 3. The number of aliphatic hydroxyl groups is 1. The van der Waals surface area contributed by atoms with Crippen LogP contribution < -0.4 is 5.73 Å². The maximum atomic E-state index is 12.2. The van der Waals surface area contributed by atoms with E-state index in [0.717, 1.165) is 0 Å². The van der Waals surface area contributed by atoms with Gasteiger partial charge in [-0.1, -0.05) is 0 Å². The summed E-state index contributed by atoms with van der Waals surface area (Å²) in [6.07, 6.45) is -7.99. The quantitative estimate of drug-likeness (QED) is 0.378. The Balaban J connectivity index is 0.00000361. The number of hydrogen-bond acceptors (Lipinski definition) is 6. The summed E-state index contributed by atoms with van der Waals surface area (Å²) < 4.78 is 36.7. The first kappa shape index (κ1) is 18.2. The molecule has 0 aliphatic carbocycles. The van der Waals surface area contributed by atoms with E-state index < -0.39 is 46.0 Å². The zero-order valence-corrected chi connectivity index (χ0v) is 10.4. The second-order valence-corrected chi connectivity index (χ2v) is 3.68. The molecule has 0 bridgehead atoms. The molecule has 0 aromatic heterocycles. The monoisotopic (exact) mass is 318 g/mol. The molecule has 0 radical (unpaired) electrons. The Morgan fingerprint density at radius 3 is 2.20 bits per heavy atom. The molecule has 11 heteroatoms. The Hall–Kier alpha value is -1.78. The molecule has 5 N–H and O–H groups in total. The van der Waals surface area contributed by atoms with E-state index in [1.54, 1.807) is 0 Å².